The highest BCUT2D eigenvalue weighted by Gasteiger charge is 2.44. The van der Waals surface area contributed by atoms with E-state index in [1.807, 2.05) is 109 Å². The van der Waals surface area contributed by atoms with Gasteiger partial charge in [-0.3, -0.25) is 9.69 Å². The molecule has 2 fully saturated rings. The summed E-state index contributed by atoms with van der Waals surface area (Å²) in [6, 6.07) is 34.4. The molecule has 0 spiro atoms. The molecule has 8 rings (SSSR count). The number of aromatic nitrogens is 6. The Kier molecular flexibility index (Phi) is 13.4. The van der Waals surface area contributed by atoms with Crippen molar-refractivity contribution in [1.29, 1.82) is 0 Å². The minimum Gasteiger partial charge on any atom is -0.468 e. The number of carbonyl (C=O) groups excluding carboxylic acids is 3. The van der Waals surface area contributed by atoms with Gasteiger partial charge >= 0.3 is 18.0 Å². The number of hydrogen-bond acceptors (Lipinski definition) is 11. The van der Waals surface area contributed by atoms with E-state index in [4.69, 9.17) is 34.6 Å². The molecule has 14 nitrogen and oxygen atoms in total. The van der Waals surface area contributed by atoms with Crippen LogP contribution in [0.4, 0.5) is 4.79 Å². The first-order valence-electron chi connectivity index (χ1n) is 20.8. The maximum absolute atomic E-state index is 12.9. The lowest BCUT2D eigenvalue weighted by Crippen LogP contribution is -2.43. The van der Waals surface area contributed by atoms with Gasteiger partial charge in [0.2, 0.25) is 0 Å². The molecule has 2 aliphatic rings. The van der Waals surface area contributed by atoms with Crippen LogP contribution < -0.4 is 5.32 Å². The molecule has 2 saturated heterocycles. The predicted molar refractivity (Wildman–Crippen MR) is 242 cm³/mol. The number of carbonyl (C=O) groups is 3. The molecule has 4 atom stereocenters. The summed E-state index contributed by atoms with van der Waals surface area (Å²) in [6.45, 7) is 13.9. The highest BCUT2D eigenvalue weighted by atomic mass is 16.6. The van der Waals surface area contributed by atoms with E-state index in [0.29, 0.717) is 25.1 Å². The van der Waals surface area contributed by atoms with Crippen molar-refractivity contribution >= 4 is 30.2 Å². The van der Waals surface area contributed by atoms with Crippen molar-refractivity contribution in [2.45, 2.75) is 63.4 Å². The van der Waals surface area contributed by atoms with Gasteiger partial charge in [-0.1, -0.05) is 122 Å². The molecule has 2 aromatic heterocycles. The number of ether oxygens (including phenoxy) is 3. The minimum atomic E-state index is -0.779. The Labute approximate surface area is 367 Å². The smallest absolute Gasteiger partial charge is 0.411 e. The maximum atomic E-state index is 12.9. The third kappa shape index (κ3) is 10.1. The number of likely N-dealkylation sites (tertiary alicyclic amines) is 1. The van der Waals surface area contributed by atoms with Crippen LogP contribution >= 0.6 is 0 Å². The van der Waals surface area contributed by atoms with Crippen LogP contribution in [0, 0.1) is 0 Å². The lowest BCUT2D eigenvalue weighted by Gasteiger charge is -2.27. The zero-order valence-electron chi connectivity index (χ0n) is 36.2. The van der Waals surface area contributed by atoms with Crippen molar-refractivity contribution < 1.29 is 28.6 Å². The zero-order valence-corrected chi connectivity index (χ0v) is 36.2. The van der Waals surface area contributed by atoms with E-state index in [-0.39, 0.29) is 30.6 Å². The lowest BCUT2D eigenvalue weighted by atomic mass is 10.0. The Morgan fingerprint density at radius 2 is 1.10 bits per heavy atom. The van der Waals surface area contributed by atoms with E-state index in [2.05, 4.69) is 24.5 Å². The summed E-state index contributed by atoms with van der Waals surface area (Å²) in [6.07, 6.45) is 3.96. The van der Waals surface area contributed by atoms with Gasteiger partial charge in [0.15, 0.2) is 0 Å². The van der Waals surface area contributed by atoms with Crippen molar-refractivity contribution in [2.24, 2.45) is 0 Å². The fraction of sp³-hybridized carbons (Fsp3) is 0.286. The third-order valence-electron chi connectivity index (χ3n) is 10.8. The molecule has 1 N–H and O–H groups in total. The van der Waals surface area contributed by atoms with Gasteiger partial charge in [-0.25, -0.2) is 9.59 Å². The predicted octanol–water partition coefficient (Wildman–Crippen LogP) is 8.31. The van der Waals surface area contributed by atoms with Gasteiger partial charge < -0.3 is 19.5 Å². The molecule has 0 radical (unpaired) electrons. The number of methoxy groups -OCH3 is 2. The van der Waals surface area contributed by atoms with Gasteiger partial charge in [0.05, 0.1) is 26.3 Å². The van der Waals surface area contributed by atoms with Crippen LogP contribution in [-0.2, 0) is 23.8 Å². The van der Waals surface area contributed by atoms with Crippen LogP contribution in [0.1, 0.15) is 56.8 Å². The Bertz CT molecular complexity index is 2580. The summed E-state index contributed by atoms with van der Waals surface area (Å²) in [5, 5.41) is 22.5. The first kappa shape index (κ1) is 43.9. The van der Waals surface area contributed by atoms with E-state index in [9.17, 15) is 14.4 Å². The quantitative estimate of drug-likeness (QED) is 0.105. The van der Waals surface area contributed by atoms with Crippen molar-refractivity contribution in [3.63, 3.8) is 0 Å². The number of benzene rings is 4. The summed E-state index contributed by atoms with van der Waals surface area (Å²) in [5.74, 6) is -0.746. The highest BCUT2D eigenvalue weighted by Crippen LogP contribution is 2.35. The van der Waals surface area contributed by atoms with Crippen LogP contribution in [0.3, 0.4) is 0 Å². The molecule has 0 aliphatic carbocycles. The maximum Gasteiger partial charge on any atom is 0.411 e. The van der Waals surface area contributed by atoms with Crippen molar-refractivity contribution in [3.8, 4) is 45.0 Å². The standard InChI is InChI=1S/C27H30N4O4.C22H22N4O2/c1-6-18-11-10-14-20(15-18)24-23(19-12-8-7-9-13-19)28-31(29-24)21-16-22(25(32)34-5)30(17-21)26(33)35-27(2,3)4;1-3-15-8-7-11-17(12-15)21-20(16-9-5-4-6-10-16)24-26(25-21)18-13-19(23-14-18)22(27)28-2/h6-15,21-22H,1,16-17H2,2-5H3;3-12,18-19,23H,1,13-14H2,2H3/t21-,22+;18-,19+/m11/s1. The summed E-state index contributed by atoms with van der Waals surface area (Å²) >= 11 is 0. The Balaban J connectivity index is 0.000000193. The van der Waals surface area contributed by atoms with Crippen LogP contribution in [0.25, 0.3) is 57.2 Å². The molecular formula is C49H52N8O6. The van der Waals surface area contributed by atoms with E-state index in [1.165, 1.54) is 19.1 Å². The average molecular weight is 849 g/mol. The fourth-order valence-corrected chi connectivity index (χ4v) is 7.64. The molecule has 0 saturated carbocycles. The number of amides is 1. The second-order valence-corrected chi connectivity index (χ2v) is 16.3. The average Bonchev–Trinajstić information content (AvgIpc) is 4.15. The van der Waals surface area contributed by atoms with Gasteiger partial charge in [-0.2, -0.15) is 30.0 Å². The van der Waals surface area contributed by atoms with E-state index < -0.39 is 23.7 Å². The van der Waals surface area contributed by atoms with Crippen LogP contribution in [-0.4, -0.2) is 97.9 Å². The van der Waals surface area contributed by atoms with Crippen molar-refractivity contribution in [1.82, 2.24) is 40.2 Å². The molecule has 4 heterocycles. The SMILES string of the molecule is C=Cc1cccc(-c2nn([C@@H]3C[C@@H](C(=O)OC)N(C(=O)OC(C)(C)C)C3)nc2-c2ccccc2)c1.C=Cc1cccc(-c2nn([C@H]3CN[C@H](C(=O)OC)C3)nc2-c2ccccc2)c1. The number of nitrogens with one attached hydrogen (secondary N) is 1. The monoisotopic (exact) mass is 848 g/mol. The second-order valence-electron chi connectivity index (χ2n) is 16.3. The molecule has 14 heteroatoms. The number of hydrogen-bond donors (Lipinski definition) is 1. The molecule has 1 amide bonds. The lowest BCUT2D eigenvalue weighted by molar-refractivity contribution is -0.145. The van der Waals surface area contributed by atoms with Crippen molar-refractivity contribution in [3.05, 3.63) is 133 Å². The molecule has 0 unspecified atom stereocenters. The summed E-state index contributed by atoms with van der Waals surface area (Å²) in [4.78, 5) is 42.0. The molecule has 4 aromatic carbocycles. The Hall–Kier alpha value is -7.19. The first-order valence-corrected chi connectivity index (χ1v) is 20.8. The Morgan fingerprint density at radius 1 is 0.635 bits per heavy atom. The summed E-state index contributed by atoms with van der Waals surface area (Å²) < 4.78 is 15.4. The van der Waals surface area contributed by atoms with Gasteiger partial charge in [-0.15, -0.1) is 0 Å². The molecule has 0 bridgehead atoms. The summed E-state index contributed by atoms with van der Waals surface area (Å²) in [5.41, 5.74) is 8.19. The normalized spacial score (nSPS) is 18.2. The van der Waals surface area contributed by atoms with Crippen LogP contribution in [0.5, 0.6) is 0 Å². The van der Waals surface area contributed by atoms with Crippen LogP contribution in [0.2, 0.25) is 0 Å². The zero-order chi connectivity index (χ0) is 44.7. The van der Waals surface area contributed by atoms with Gasteiger partial charge in [-0.05, 0) is 50.5 Å². The number of esters is 2. The molecular weight excluding hydrogens is 797 g/mol. The van der Waals surface area contributed by atoms with E-state index in [1.54, 1.807) is 36.4 Å². The molecule has 6 aromatic rings. The highest BCUT2D eigenvalue weighted by molar-refractivity contribution is 5.83. The first-order chi connectivity index (χ1) is 30.4. The third-order valence-corrected chi connectivity index (χ3v) is 10.8. The van der Waals surface area contributed by atoms with Crippen LogP contribution in [0.15, 0.2) is 122 Å². The molecule has 324 valence electrons. The van der Waals surface area contributed by atoms with E-state index >= 15 is 0 Å². The van der Waals surface area contributed by atoms with Gasteiger partial charge in [0.1, 0.15) is 40.5 Å². The Morgan fingerprint density at radius 3 is 1.56 bits per heavy atom. The number of nitrogens with zero attached hydrogens (tertiary/aromatic N) is 7. The van der Waals surface area contributed by atoms with E-state index in [0.717, 1.165) is 50.5 Å². The summed E-state index contributed by atoms with van der Waals surface area (Å²) in [7, 11) is 2.72. The molecule has 2 aliphatic heterocycles. The van der Waals surface area contributed by atoms with Crippen molar-refractivity contribution in [2.75, 3.05) is 27.3 Å². The number of rotatable bonds is 10. The topological polar surface area (TPSA) is 156 Å². The second kappa shape index (κ2) is 19.2. The van der Waals surface area contributed by atoms with Gasteiger partial charge in [0.25, 0.3) is 0 Å². The van der Waals surface area contributed by atoms with Gasteiger partial charge in [0, 0.05) is 41.8 Å². The fourth-order valence-electron chi connectivity index (χ4n) is 7.64. The largest absolute Gasteiger partial charge is 0.468 e. The molecule has 63 heavy (non-hydrogen) atoms. The minimum absolute atomic E-state index is 0.0112.